The molecule has 3 aromatic rings. The Hall–Kier alpha value is -3.15. The van der Waals surface area contributed by atoms with Crippen molar-refractivity contribution in [3.8, 4) is 11.4 Å². The molecule has 1 heterocycles. The van der Waals surface area contributed by atoms with Crippen LogP contribution in [-0.2, 0) is 17.6 Å². The zero-order valence-electron chi connectivity index (χ0n) is 16.4. The van der Waals surface area contributed by atoms with Gasteiger partial charge in [0.05, 0.1) is 19.3 Å². The van der Waals surface area contributed by atoms with E-state index >= 15 is 0 Å². The predicted molar refractivity (Wildman–Crippen MR) is 109 cm³/mol. The second-order valence-electron chi connectivity index (χ2n) is 7.23. The molecule has 1 aliphatic carbocycles. The molecule has 0 saturated heterocycles. The average molecular weight is 393 g/mol. The van der Waals surface area contributed by atoms with Gasteiger partial charge in [0.1, 0.15) is 17.3 Å². The molecule has 0 unspecified atom stereocenters. The van der Waals surface area contributed by atoms with E-state index in [4.69, 9.17) is 4.74 Å². The predicted octanol–water partition coefficient (Wildman–Crippen LogP) is 4.15. The lowest BCUT2D eigenvalue weighted by atomic mass is 9.92. The first kappa shape index (κ1) is 19.2. The first-order valence-electron chi connectivity index (χ1n) is 9.90. The first-order chi connectivity index (χ1) is 14.2. The maximum atomic E-state index is 14.2. The van der Waals surface area contributed by atoms with Gasteiger partial charge in [-0.3, -0.25) is 4.79 Å². The summed E-state index contributed by atoms with van der Waals surface area (Å²) >= 11 is 0. The fourth-order valence-electron chi connectivity index (χ4n) is 3.96. The van der Waals surface area contributed by atoms with Gasteiger partial charge in [-0.05, 0) is 49.4 Å². The molecule has 0 saturated carbocycles. The Morgan fingerprint density at radius 1 is 1.24 bits per heavy atom. The number of hydrogen-bond donors (Lipinski definition) is 1. The van der Waals surface area contributed by atoms with Crippen LogP contribution in [0.4, 0.5) is 4.39 Å². The highest BCUT2D eigenvalue weighted by molar-refractivity contribution is 5.77. The monoisotopic (exact) mass is 393 g/mol. The largest absolute Gasteiger partial charge is 0.496 e. The van der Waals surface area contributed by atoms with E-state index in [0.717, 1.165) is 41.8 Å². The minimum atomic E-state index is -0.304. The Kier molecular flexibility index (Phi) is 5.60. The van der Waals surface area contributed by atoms with Crippen LogP contribution in [0.1, 0.15) is 42.1 Å². The number of carbonyl (C=O) groups is 1. The molecule has 1 amide bonds. The molecule has 0 fully saturated rings. The van der Waals surface area contributed by atoms with Gasteiger partial charge in [0.2, 0.25) is 5.91 Å². The second-order valence-corrected chi connectivity index (χ2v) is 7.23. The van der Waals surface area contributed by atoms with E-state index in [1.807, 2.05) is 24.3 Å². The van der Waals surface area contributed by atoms with Gasteiger partial charge in [-0.25, -0.2) is 9.07 Å². The van der Waals surface area contributed by atoms with Crippen LogP contribution in [0.5, 0.6) is 5.75 Å². The minimum Gasteiger partial charge on any atom is -0.496 e. The van der Waals surface area contributed by atoms with Crippen molar-refractivity contribution in [1.82, 2.24) is 15.1 Å². The maximum absolute atomic E-state index is 14.2. The summed E-state index contributed by atoms with van der Waals surface area (Å²) in [7, 11) is 1.63. The van der Waals surface area contributed by atoms with Crippen molar-refractivity contribution in [2.75, 3.05) is 7.11 Å². The third-order valence-corrected chi connectivity index (χ3v) is 5.41. The molecular weight excluding hydrogens is 369 g/mol. The Balaban J connectivity index is 1.46. The normalized spacial score (nSPS) is 15.6. The minimum absolute atomic E-state index is 0.00704. The van der Waals surface area contributed by atoms with Gasteiger partial charge in [-0.2, -0.15) is 5.10 Å². The number of nitrogens with zero attached hydrogens (tertiary/aromatic N) is 2. The highest BCUT2D eigenvalue weighted by atomic mass is 19.1. The molecular formula is C23H24FN3O2. The lowest BCUT2D eigenvalue weighted by Gasteiger charge is -2.24. The summed E-state index contributed by atoms with van der Waals surface area (Å²) in [5, 5.41) is 7.55. The van der Waals surface area contributed by atoms with Crippen LogP contribution in [-0.4, -0.2) is 22.8 Å². The lowest BCUT2D eigenvalue weighted by molar-refractivity contribution is -0.121. The zero-order valence-corrected chi connectivity index (χ0v) is 16.4. The Labute approximate surface area is 169 Å². The number of rotatable bonds is 6. The van der Waals surface area contributed by atoms with Crippen molar-refractivity contribution in [3.05, 3.63) is 77.4 Å². The van der Waals surface area contributed by atoms with Crippen LogP contribution in [0.25, 0.3) is 5.69 Å². The summed E-state index contributed by atoms with van der Waals surface area (Å²) in [6, 6.07) is 14.3. The fraction of sp³-hybridized carbons (Fsp3) is 0.304. The van der Waals surface area contributed by atoms with Gasteiger partial charge in [0, 0.05) is 17.7 Å². The van der Waals surface area contributed by atoms with Gasteiger partial charge in [0.25, 0.3) is 0 Å². The van der Waals surface area contributed by atoms with Crippen LogP contribution in [0.2, 0.25) is 0 Å². The third kappa shape index (κ3) is 4.01. The van der Waals surface area contributed by atoms with Crippen LogP contribution < -0.4 is 10.1 Å². The SMILES string of the molecule is COc1ccccc1CCC(=O)N[C@H]1CCCc2c1cnn2-c1ccccc1F. The van der Waals surface area contributed by atoms with Gasteiger partial charge < -0.3 is 10.1 Å². The standard InChI is InChI=1S/C23H24FN3O2/c1-29-22-12-5-2-7-16(22)13-14-23(28)26-19-9-6-11-20-17(19)15-25-27(20)21-10-4-3-8-18(21)24/h2-5,7-8,10,12,15,19H,6,9,11,13-14H2,1H3,(H,26,28)/t19-/m0/s1. The van der Waals surface area contributed by atoms with Gasteiger partial charge >= 0.3 is 0 Å². The van der Waals surface area contributed by atoms with E-state index < -0.39 is 0 Å². The van der Waals surface area contributed by atoms with Crippen LogP contribution in [0.3, 0.4) is 0 Å². The number of amides is 1. The molecule has 5 nitrogen and oxygen atoms in total. The number of halogens is 1. The molecule has 0 bridgehead atoms. The van der Waals surface area contributed by atoms with E-state index in [1.165, 1.54) is 6.07 Å². The molecule has 1 aromatic heterocycles. The Morgan fingerprint density at radius 2 is 2.03 bits per heavy atom. The number of aryl methyl sites for hydroxylation is 1. The highest BCUT2D eigenvalue weighted by Crippen LogP contribution is 2.31. The molecule has 6 heteroatoms. The number of nitrogens with one attached hydrogen (secondary N) is 1. The van der Waals surface area contributed by atoms with E-state index in [-0.39, 0.29) is 17.8 Å². The smallest absolute Gasteiger partial charge is 0.220 e. The van der Waals surface area contributed by atoms with Gasteiger partial charge in [-0.15, -0.1) is 0 Å². The van der Waals surface area contributed by atoms with Crippen LogP contribution in [0, 0.1) is 5.82 Å². The number of benzene rings is 2. The van der Waals surface area contributed by atoms with Gasteiger partial charge in [-0.1, -0.05) is 30.3 Å². The van der Waals surface area contributed by atoms with Crippen molar-refractivity contribution >= 4 is 5.91 Å². The summed E-state index contributed by atoms with van der Waals surface area (Å²) < 4.78 is 21.2. The number of fused-ring (bicyclic) bond motifs is 1. The molecule has 29 heavy (non-hydrogen) atoms. The summed E-state index contributed by atoms with van der Waals surface area (Å²) in [5.41, 5.74) is 3.40. The fourth-order valence-corrected chi connectivity index (χ4v) is 3.96. The van der Waals surface area contributed by atoms with E-state index in [0.29, 0.717) is 18.5 Å². The molecule has 4 rings (SSSR count). The number of aromatic nitrogens is 2. The van der Waals surface area contributed by atoms with Crippen LogP contribution in [0.15, 0.2) is 54.7 Å². The highest BCUT2D eigenvalue weighted by Gasteiger charge is 2.26. The molecule has 1 N–H and O–H groups in total. The van der Waals surface area contributed by atoms with Crippen molar-refractivity contribution in [2.24, 2.45) is 0 Å². The number of para-hydroxylation sites is 2. The lowest BCUT2D eigenvalue weighted by Crippen LogP contribution is -2.31. The molecule has 1 aliphatic rings. The summed E-state index contributed by atoms with van der Waals surface area (Å²) in [4.78, 5) is 12.6. The van der Waals surface area contributed by atoms with E-state index in [1.54, 1.807) is 36.2 Å². The van der Waals surface area contributed by atoms with Crippen molar-refractivity contribution in [2.45, 2.75) is 38.1 Å². The van der Waals surface area contributed by atoms with E-state index in [2.05, 4.69) is 10.4 Å². The molecule has 0 aliphatic heterocycles. The third-order valence-electron chi connectivity index (χ3n) is 5.41. The average Bonchev–Trinajstić information content (AvgIpc) is 3.18. The molecule has 0 radical (unpaired) electrons. The number of hydrogen-bond acceptors (Lipinski definition) is 3. The summed E-state index contributed by atoms with van der Waals surface area (Å²) in [5.74, 6) is 0.486. The topological polar surface area (TPSA) is 56.1 Å². The zero-order chi connectivity index (χ0) is 20.2. The first-order valence-corrected chi connectivity index (χ1v) is 9.90. The quantitative estimate of drug-likeness (QED) is 0.685. The van der Waals surface area contributed by atoms with Crippen LogP contribution >= 0.6 is 0 Å². The summed E-state index contributed by atoms with van der Waals surface area (Å²) in [6.07, 6.45) is 5.35. The molecule has 150 valence electrons. The Bertz CT molecular complexity index is 1010. The van der Waals surface area contributed by atoms with Crippen molar-refractivity contribution < 1.29 is 13.9 Å². The van der Waals surface area contributed by atoms with Crippen molar-refractivity contribution in [1.29, 1.82) is 0 Å². The number of ether oxygens (including phenoxy) is 1. The maximum Gasteiger partial charge on any atom is 0.220 e. The number of methoxy groups -OCH3 is 1. The molecule has 2 aromatic carbocycles. The Morgan fingerprint density at radius 3 is 2.86 bits per heavy atom. The van der Waals surface area contributed by atoms with Gasteiger partial charge in [0.15, 0.2) is 0 Å². The van der Waals surface area contributed by atoms with E-state index in [9.17, 15) is 9.18 Å². The second kappa shape index (κ2) is 8.47. The van der Waals surface area contributed by atoms with Crippen molar-refractivity contribution in [3.63, 3.8) is 0 Å². The molecule has 0 spiro atoms. The summed E-state index contributed by atoms with van der Waals surface area (Å²) in [6.45, 7) is 0. The number of carbonyl (C=O) groups excluding carboxylic acids is 1. The molecule has 1 atom stereocenters.